The Kier molecular flexibility index (Phi) is 7.06. The Morgan fingerprint density at radius 1 is 1.19 bits per heavy atom. The van der Waals surface area contributed by atoms with Crippen molar-refractivity contribution in [2.75, 3.05) is 6.61 Å². The van der Waals surface area contributed by atoms with Crippen LogP contribution in [-0.2, 0) is 0 Å². The van der Waals surface area contributed by atoms with E-state index in [1.807, 2.05) is 0 Å². The highest BCUT2D eigenvalue weighted by Crippen LogP contribution is 2.24. The molecule has 0 aromatic carbocycles. The van der Waals surface area contributed by atoms with Gasteiger partial charge in [0.2, 0.25) is 0 Å². The van der Waals surface area contributed by atoms with Gasteiger partial charge >= 0.3 is 0 Å². The summed E-state index contributed by atoms with van der Waals surface area (Å²) in [5.41, 5.74) is 0. The standard InChI is InChI=1S/C14H29NO/c1-3-5-6-13(4-2)15-14-9-7-12(11-16)8-10-14/h12-16H,3-11H2,1-2H3. The normalized spacial score (nSPS) is 27.9. The molecule has 0 aliphatic heterocycles. The van der Waals surface area contributed by atoms with E-state index in [9.17, 15) is 0 Å². The van der Waals surface area contributed by atoms with E-state index < -0.39 is 0 Å². The first-order valence-corrected chi connectivity index (χ1v) is 7.17. The number of nitrogens with one attached hydrogen (secondary N) is 1. The van der Waals surface area contributed by atoms with Crippen LogP contribution in [0.25, 0.3) is 0 Å². The summed E-state index contributed by atoms with van der Waals surface area (Å²) in [4.78, 5) is 0. The van der Waals surface area contributed by atoms with E-state index in [1.165, 1.54) is 51.4 Å². The Morgan fingerprint density at radius 3 is 2.38 bits per heavy atom. The molecule has 0 amide bonds. The van der Waals surface area contributed by atoms with Gasteiger partial charge in [0.1, 0.15) is 0 Å². The van der Waals surface area contributed by atoms with Crippen LogP contribution in [0.5, 0.6) is 0 Å². The zero-order valence-corrected chi connectivity index (χ0v) is 11.0. The van der Waals surface area contributed by atoms with Gasteiger partial charge in [-0.05, 0) is 44.4 Å². The molecule has 2 heteroatoms. The molecule has 1 unspecified atom stereocenters. The number of unbranched alkanes of at least 4 members (excludes halogenated alkanes) is 1. The third-order valence-electron chi connectivity index (χ3n) is 3.98. The van der Waals surface area contributed by atoms with E-state index in [-0.39, 0.29) is 0 Å². The van der Waals surface area contributed by atoms with Crippen LogP contribution in [0.3, 0.4) is 0 Å². The first-order chi connectivity index (χ1) is 7.80. The summed E-state index contributed by atoms with van der Waals surface area (Å²) in [6, 6.07) is 1.43. The summed E-state index contributed by atoms with van der Waals surface area (Å²) < 4.78 is 0. The lowest BCUT2D eigenvalue weighted by Crippen LogP contribution is -2.40. The quantitative estimate of drug-likeness (QED) is 0.700. The van der Waals surface area contributed by atoms with Crippen LogP contribution in [0.4, 0.5) is 0 Å². The number of rotatable bonds is 7. The second kappa shape index (κ2) is 8.08. The molecule has 0 aromatic rings. The van der Waals surface area contributed by atoms with Crippen molar-refractivity contribution in [2.45, 2.75) is 77.3 Å². The second-order valence-electron chi connectivity index (χ2n) is 5.31. The molecule has 0 saturated heterocycles. The number of hydrogen-bond acceptors (Lipinski definition) is 2. The molecule has 2 N–H and O–H groups in total. The van der Waals surface area contributed by atoms with Crippen LogP contribution in [0.2, 0.25) is 0 Å². The maximum Gasteiger partial charge on any atom is 0.0459 e. The van der Waals surface area contributed by atoms with Crippen molar-refractivity contribution in [3.63, 3.8) is 0 Å². The molecule has 96 valence electrons. The van der Waals surface area contributed by atoms with Crippen molar-refractivity contribution >= 4 is 0 Å². The van der Waals surface area contributed by atoms with Gasteiger partial charge in [-0.1, -0.05) is 26.7 Å². The molecule has 0 spiro atoms. The van der Waals surface area contributed by atoms with Crippen molar-refractivity contribution in [1.82, 2.24) is 5.32 Å². The summed E-state index contributed by atoms with van der Waals surface area (Å²) in [6.45, 7) is 4.94. The second-order valence-corrected chi connectivity index (χ2v) is 5.31. The topological polar surface area (TPSA) is 32.3 Å². The summed E-state index contributed by atoms with van der Waals surface area (Å²) in [7, 11) is 0. The van der Waals surface area contributed by atoms with Crippen LogP contribution in [-0.4, -0.2) is 23.8 Å². The molecule has 2 nitrogen and oxygen atoms in total. The third kappa shape index (κ3) is 4.84. The highest BCUT2D eigenvalue weighted by Gasteiger charge is 2.21. The van der Waals surface area contributed by atoms with Crippen molar-refractivity contribution < 1.29 is 5.11 Å². The van der Waals surface area contributed by atoms with E-state index in [1.54, 1.807) is 0 Å². The summed E-state index contributed by atoms with van der Waals surface area (Å²) in [5, 5.41) is 12.9. The average molecular weight is 227 g/mol. The third-order valence-corrected chi connectivity index (χ3v) is 3.98. The molecule has 1 saturated carbocycles. The Hall–Kier alpha value is -0.0800. The largest absolute Gasteiger partial charge is 0.396 e. The highest BCUT2D eigenvalue weighted by atomic mass is 16.3. The van der Waals surface area contributed by atoms with Crippen LogP contribution >= 0.6 is 0 Å². The van der Waals surface area contributed by atoms with Gasteiger partial charge in [0.05, 0.1) is 0 Å². The van der Waals surface area contributed by atoms with Gasteiger partial charge < -0.3 is 10.4 Å². The predicted molar refractivity (Wildman–Crippen MR) is 69.6 cm³/mol. The van der Waals surface area contributed by atoms with E-state index in [0.29, 0.717) is 18.6 Å². The highest BCUT2D eigenvalue weighted by molar-refractivity contribution is 4.79. The number of aliphatic hydroxyl groups is 1. The summed E-state index contributed by atoms with van der Waals surface area (Å²) >= 11 is 0. The lowest BCUT2D eigenvalue weighted by Gasteiger charge is -2.31. The monoisotopic (exact) mass is 227 g/mol. The van der Waals surface area contributed by atoms with Gasteiger partial charge in [-0.3, -0.25) is 0 Å². The molecule has 0 radical (unpaired) electrons. The average Bonchev–Trinajstić information content (AvgIpc) is 2.35. The first kappa shape index (κ1) is 14.0. The minimum Gasteiger partial charge on any atom is -0.396 e. The molecule has 1 atom stereocenters. The van der Waals surface area contributed by atoms with Crippen LogP contribution in [0.1, 0.15) is 65.2 Å². The lowest BCUT2D eigenvalue weighted by molar-refractivity contribution is 0.170. The van der Waals surface area contributed by atoms with Crippen molar-refractivity contribution in [3.8, 4) is 0 Å². The molecule has 0 bridgehead atoms. The minimum atomic E-state index is 0.389. The summed E-state index contributed by atoms with van der Waals surface area (Å²) in [6.07, 6.45) is 10.2. The van der Waals surface area contributed by atoms with Crippen LogP contribution in [0, 0.1) is 5.92 Å². The Bertz CT molecular complexity index is 164. The summed E-state index contributed by atoms with van der Waals surface area (Å²) in [5.74, 6) is 0.578. The molecule has 1 fully saturated rings. The van der Waals surface area contributed by atoms with Gasteiger partial charge in [0.25, 0.3) is 0 Å². The van der Waals surface area contributed by atoms with Crippen molar-refractivity contribution in [1.29, 1.82) is 0 Å². The smallest absolute Gasteiger partial charge is 0.0459 e. The van der Waals surface area contributed by atoms with Crippen molar-refractivity contribution in [3.05, 3.63) is 0 Å². The molecule has 1 aliphatic carbocycles. The Balaban J connectivity index is 2.20. The fourth-order valence-corrected chi connectivity index (χ4v) is 2.70. The zero-order valence-electron chi connectivity index (χ0n) is 11.0. The molecule has 16 heavy (non-hydrogen) atoms. The number of hydrogen-bond donors (Lipinski definition) is 2. The Morgan fingerprint density at radius 2 is 1.88 bits per heavy atom. The maximum absolute atomic E-state index is 9.10. The molecule has 1 aliphatic rings. The molecule has 1 rings (SSSR count). The fourth-order valence-electron chi connectivity index (χ4n) is 2.70. The SMILES string of the molecule is CCCCC(CC)NC1CCC(CO)CC1. The maximum atomic E-state index is 9.10. The first-order valence-electron chi connectivity index (χ1n) is 7.17. The lowest BCUT2D eigenvalue weighted by atomic mass is 9.86. The molecular formula is C14H29NO. The van der Waals surface area contributed by atoms with E-state index in [2.05, 4.69) is 19.2 Å². The van der Waals surface area contributed by atoms with Gasteiger partial charge in [0.15, 0.2) is 0 Å². The minimum absolute atomic E-state index is 0.389. The van der Waals surface area contributed by atoms with Gasteiger partial charge in [-0.2, -0.15) is 0 Å². The van der Waals surface area contributed by atoms with Gasteiger partial charge in [-0.25, -0.2) is 0 Å². The Labute approximate surface area is 101 Å². The molecular weight excluding hydrogens is 198 g/mol. The predicted octanol–water partition coefficient (Wildman–Crippen LogP) is 3.10. The number of aliphatic hydroxyl groups excluding tert-OH is 1. The van der Waals surface area contributed by atoms with Crippen molar-refractivity contribution in [2.24, 2.45) is 5.92 Å². The van der Waals surface area contributed by atoms with E-state index >= 15 is 0 Å². The van der Waals surface area contributed by atoms with E-state index in [0.717, 1.165) is 6.04 Å². The molecule has 0 aromatic heterocycles. The molecule has 0 heterocycles. The fraction of sp³-hybridized carbons (Fsp3) is 1.00. The van der Waals surface area contributed by atoms with Gasteiger partial charge in [-0.15, -0.1) is 0 Å². The van der Waals surface area contributed by atoms with Gasteiger partial charge in [0, 0.05) is 18.7 Å². The van der Waals surface area contributed by atoms with E-state index in [4.69, 9.17) is 5.11 Å². The zero-order chi connectivity index (χ0) is 11.8. The van der Waals surface area contributed by atoms with Crippen LogP contribution < -0.4 is 5.32 Å². The van der Waals surface area contributed by atoms with Crippen LogP contribution in [0.15, 0.2) is 0 Å².